The summed E-state index contributed by atoms with van der Waals surface area (Å²) >= 11 is 12.4. The Morgan fingerprint density at radius 1 is 1.31 bits per heavy atom. The van der Waals surface area contributed by atoms with Gasteiger partial charge in [-0.25, -0.2) is 10.1 Å². The number of hydrazone groups is 1. The van der Waals surface area contributed by atoms with Gasteiger partial charge >= 0.3 is 0 Å². The number of ether oxygens (including phenoxy) is 1. The van der Waals surface area contributed by atoms with Crippen LogP contribution in [0.2, 0.25) is 10.0 Å². The van der Waals surface area contributed by atoms with E-state index in [1.54, 1.807) is 18.2 Å². The molecule has 14 nitrogen and oxygen atoms in total. The van der Waals surface area contributed by atoms with Crippen LogP contribution in [0, 0.1) is 17.0 Å². The van der Waals surface area contributed by atoms with E-state index in [1.165, 1.54) is 31.3 Å². The molecule has 2 aromatic carbocycles. The van der Waals surface area contributed by atoms with E-state index < -0.39 is 10.8 Å². The van der Waals surface area contributed by atoms with Crippen molar-refractivity contribution in [3.8, 4) is 11.6 Å². The molecule has 0 atom stereocenters. The van der Waals surface area contributed by atoms with Crippen LogP contribution in [0.25, 0.3) is 5.82 Å². The topological polar surface area (TPSA) is 189 Å². The first-order chi connectivity index (χ1) is 17.3. The number of nitrogens with zero attached hydrogens (tertiary/aromatic N) is 7. The Balaban J connectivity index is 1.57. The Morgan fingerprint density at radius 2 is 2.06 bits per heavy atom. The number of nitro groups is 1. The van der Waals surface area contributed by atoms with Crippen molar-refractivity contribution in [1.29, 1.82) is 0 Å². The summed E-state index contributed by atoms with van der Waals surface area (Å²) in [5.74, 6) is -0.613. The normalized spacial score (nSPS) is 11.1. The van der Waals surface area contributed by atoms with Crippen molar-refractivity contribution in [2.24, 2.45) is 5.10 Å². The van der Waals surface area contributed by atoms with Crippen LogP contribution in [0.1, 0.15) is 27.3 Å². The summed E-state index contributed by atoms with van der Waals surface area (Å²) in [5.41, 5.74) is 8.73. The zero-order chi connectivity index (χ0) is 25.8. The molecule has 1 amide bonds. The van der Waals surface area contributed by atoms with E-state index in [4.69, 9.17) is 33.7 Å². The average Bonchev–Trinajstić information content (AvgIpc) is 3.43. The number of carbonyl (C=O) groups excluding carboxylic acids is 1. The number of anilines is 1. The van der Waals surface area contributed by atoms with Gasteiger partial charge in [-0.2, -0.15) is 9.78 Å². The first kappa shape index (κ1) is 24.6. The highest BCUT2D eigenvalue weighted by Crippen LogP contribution is 2.28. The summed E-state index contributed by atoms with van der Waals surface area (Å²) in [5, 5.41) is 30.6. The molecule has 16 heteroatoms. The highest BCUT2D eigenvalue weighted by Gasteiger charge is 2.23. The molecule has 0 radical (unpaired) electrons. The van der Waals surface area contributed by atoms with Crippen LogP contribution < -0.4 is 15.9 Å². The molecular weight excluding hydrogens is 517 g/mol. The molecule has 0 aliphatic carbocycles. The molecule has 0 saturated heterocycles. The number of carbonyl (C=O) groups is 1. The van der Waals surface area contributed by atoms with Crippen LogP contribution in [-0.2, 0) is 6.61 Å². The largest absolute Gasteiger partial charge is 0.488 e. The van der Waals surface area contributed by atoms with Gasteiger partial charge in [0.1, 0.15) is 12.4 Å². The standard InChI is InChI=1S/C20H15Cl2N9O5/c1-10-17(30(29-25-10)19-18(23)27-36-28-19)20(32)26-24-8-11-7-12(31(33)34)5-6-16(11)35-9-13-14(21)3-2-4-15(13)22/h2-8H,9H2,1H3,(H2,23,27)(H,26,32). The quantitative estimate of drug-likeness (QED) is 0.194. The molecule has 2 aromatic heterocycles. The van der Waals surface area contributed by atoms with Crippen molar-refractivity contribution in [3.05, 3.63) is 79.1 Å². The lowest BCUT2D eigenvalue weighted by Gasteiger charge is -2.11. The smallest absolute Gasteiger partial charge is 0.292 e. The van der Waals surface area contributed by atoms with Crippen molar-refractivity contribution in [2.45, 2.75) is 13.5 Å². The molecular formula is C20H15Cl2N9O5. The van der Waals surface area contributed by atoms with Crippen molar-refractivity contribution in [2.75, 3.05) is 5.73 Å². The second-order valence-electron chi connectivity index (χ2n) is 7.08. The van der Waals surface area contributed by atoms with Crippen LogP contribution in [0.3, 0.4) is 0 Å². The average molecular weight is 532 g/mol. The SMILES string of the molecule is Cc1nnn(-c2nonc2N)c1C(=O)NN=Cc1cc([N+](=O)[O-])ccc1OCc1c(Cl)cccc1Cl. The number of halogens is 2. The first-order valence-electron chi connectivity index (χ1n) is 9.94. The highest BCUT2D eigenvalue weighted by molar-refractivity contribution is 6.35. The molecule has 0 fully saturated rings. The number of nitrogens with two attached hydrogens (primary N) is 1. The molecule has 0 aliphatic heterocycles. The number of nitro benzene ring substituents is 1. The van der Waals surface area contributed by atoms with E-state index in [9.17, 15) is 14.9 Å². The number of benzene rings is 2. The Kier molecular flexibility index (Phi) is 7.07. The van der Waals surface area contributed by atoms with Gasteiger partial charge < -0.3 is 10.5 Å². The number of nitrogen functional groups attached to an aromatic ring is 1. The third-order valence-corrected chi connectivity index (χ3v) is 5.47. The lowest BCUT2D eigenvalue weighted by atomic mass is 10.2. The van der Waals surface area contributed by atoms with E-state index >= 15 is 0 Å². The summed E-state index contributed by atoms with van der Waals surface area (Å²) in [6, 6.07) is 8.91. The number of hydrogen-bond donors (Lipinski definition) is 2. The number of amides is 1. The first-order valence-corrected chi connectivity index (χ1v) is 10.7. The summed E-state index contributed by atoms with van der Waals surface area (Å²) in [7, 11) is 0. The number of rotatable bonds is 8. The minimum atomic E-state index is -0.716. The zero-order valence-corrected chi connectivity index (χ0v) is 19.8. The van der Waals surface area contributed by atoms with Crippen molar-refractivity contribution >= 4 is 46.8 Å². The zero-order valence-electron chi connectivity index (χ0n) is 18.3. The molecule has 184 valence electrons. The molecule has 0 bridgehead atoms. The maximum absolute atomic E-state index is 12.8. The Labute approximate surface area is 211 Å². The third kappa shape index (κ3) is 5.08. The van der Waals surface area contributed by atoms with Gasteiger partial charge in [0.05, 0.1) is 16.8 Å². The van der Waals surface area contributed by atoms with Gasteiger partial charge in [0.15, 0.2) is 5.69 Å². The van der Waals surface area contributed by atoms with Crippen LogP contribution in [0.4, 0.5) is 11.5 Å². The fraction of sp³-hybridized carbons (Fsp3) is 0.100. The minimum Gasteiger partial charge on any atom is -0.488 e. The van der Waals surface area contributed by atoms with E-state index in [-0.39, 0.29) is 46.6 Å². The predicted molar refractivity (Wildman–Crippen MR) is 127 cm³/mol. The maximum atomic E-state index is 12.8. The number of non-ortho nitro benzene ring substituents is 1. The third-order valence-electron chi connectivity index (χ3n) is 4.76. The molecule has 4 rings (SSSR count). The van der Waals surface area contributed by atoms with E-state index in [1.807, 2.05) is 0 Å². The van der Waals surface area contributed by atoms with Gasteiger partial charge in [0.2, 0.25) is 11.6 Å². The van der Waals surface area contributed by atoms with Gasteiger partial charge in [-0.1, -0.05) is 34.5 Å². The van der Waals surface area contributed by atoms with Crippen LogP contribution in [-0.4, -0.2) is 42.4 Å². The molecule has 36 heavy (non-hydrogen) atoms. The minimum absolute atomic E-state index is 0.0132. The Hall–Kier alpha value is -4.56. The van der Waals surface area contributed by atoms with Gasteiger partial charge in [0.25, 0.3) is 11.6 Å². The summed E-state index contributed by atoms with van der Waals surface area (Å²) in [6.07, 6.45) is 1.18. The second-order valence-corrected chi connectivity index (χ2v) is 7.89. The van der Waals surface area contributed by atoms with Crippen LogP contribution in [0.5, 0.6) is 5.75 Å². The van der Waals surface area contributed by atoms with E-state index in [0.717, 1.165) is 4.68 Å². The van der Waals surface area contributed by atoms with E-state index in [0.29, 0.717) is 15.6 Å². The van der Waals surface area contributed by atoms with Gasteiger partial charge in [0, 0.05) is 33.3 Å². The molecule has 0 aliphatic rings. The molecule has 0 saturated carbocycles. The van der Waals surface area contributed by atoms with E-state index in [2.05, 4.69) is 35.8 Å². The van der Waals surface area contributed by atoms with Crippen LogP contribution in [0.15, 0.2) is 46.1 Å². The fourth-order valence-electron chi connectivity index (χ4n) is 3.02. The van der Waals surface area contributed by atoms with Crippen LogP contribution >= 0.6 is 23.2 Å². The number of hydrogen-bond acceptors (Lipinski definition) is 11. The van der Waals surface area contributed by atoms with Crippen molar-refractivity contribution < 1.29 is 19.1 Å². The predicted octanol–water partition coefficient (Wildman–Crippen LogP) is 3.10. The molecule has 4 aromatic rings. The molecule has 0 unspecified atom stereocenters. The number of aromatic nitrogens is 5. The lowest BCUT2D eigenvalue weighted by Crippen LogP contribution is -2.23. The summed E-state index contributed by atoms with van der Waals surface area (Å²) < 4.78 is 11.4. The van der Waals surface area contributed by atoms with Gasteiger partial charge in [-0.15, -0.1) is 5.10 Å². The van der Waals surface area contributed by atoms with Crippen molar-refractivity contribution in [1.82, 2.24) is 30.7 Å². The molecule has 2 heterocycles. The second kappa shape index (κ2) is 10.4. The lowest BCUT2D eigenvalue weighted by molar-refractivity contribution is -0.384. The highest BCUT2D eigenvalue weighted by atomic mass is 35.5. The summed E-state index contributed by atoms with van der Waals surface area (Å²) in [6.45, 7) is 1.53. The van der Waals surface area contributed by atoms with Gasteiger partial charge in [-0.3, -0.25) is 14.9 Å². The Bertz CT molecular complexity index is 1460. The summed E-state index contributed by atoms with van der Waals surface area (Å²) in [4.78, 5) is 23.5. The van der Waals surface area contributed by atoms with Crippen molar-refractivity contribution in [3.63, 3.8) is 0 Å². The Morgan fingerprint density at radius 3 is 2.72 bits per heavy atom. The fourth-order valence-corrected chi connectivity index (χ4v) is 3.53. The maximum Gasteiger partial charge on any atom is 0.292 e. The molecule has 3 N–H and O–H groups in total. The number of nitrogens with one attached hydrogen (secondary N) is 1. The number of aryl methyl sites for hydroxylation is 1. The molecule has 0 spiro atoms. The monoisotopic (exact) mass is 531 g/mol. The van der Waals surface area contributed by atoms with Gasteiger partial charge in [-0.05, 0) is 35.4 Å².